The van der Waals surface area contributed by atoms with E-state index in [2.05, 4.69) is 5.32 Å². The Balaban J connectivity index is 1.80. The van der Waals surface area contributed by atoms with Crippen LogP contribution in [0.15, 0.2) is 48.5 Å². The highest BCUT2D eigenvalue weighted by Crippen LogP contribution is 2.19. The number of ether oxygens (including phenoxy) is 1. The number of aryl methyl sites for hydroxylation is 1. The number of rotatable bonds is 5. The summed E-state index contributed by atoms with van der Waals surface area (Å²) in [6.07, 6.45) is 0.143. The Morgan fingerprint density at radius 1 is 1.14 bits per heavy atom. The molecular weight excluding hydrogens is 302 g/mol. The molecule has 1 amide bonds. The van der Waals surface area contributed by atoms with Crippen molar-refractivity contribution in [1.82, 2.24) is 0 Å². The predicted octanol–water partition coefficient (Wildman–Crippen LogP) is 3.37. The van der Waals surface area contributed by atoms with Gasteiger partial charge < -0.3 is 10.1 Å². The van der Waals surface area contributed by atoms with Crippen LogP contribution in [0.4, 0.5) is 5.69 Å². The topological polar surface area (TPSA) is 55.4 Å². The van der Waals surface area contributed by atoms with Crippen LogP contribution in [0.3, 0.4) is 0 Å². The summed E-state index contributed by atoms with van der Waals surface area (Å²) in [4.78, 5) is 23.4. The Labute approximate surface area is 134 Å². The zero-order valence-corrected chi connectivity index (χ0v) is 12.9. The normalized spacial score (nSPS) is 10.1. The van der Waals surface area contributed by atoms with Crippen molar-refractivity contribution in [1.29, 1.82) is 0 Å². The predicted molar refractivity (Wildman–Crippen MR) is 85.9 cm³/mol. The molecular formula is C17H16ClNO3. The third-order valence-corrected chi connectivity index (χ3v) is 3.42. The van der Waals surface area contributed by atoms with Gasteiger partial charge in [-0.25, -0.2) is 0 Å². The quantitative estimate of drug-likeness (QED) is 0.860. The van der Waals surface area contributed by atoms with Crippen LogP contribution in [0.1, 0.15) is 11.1 Å². The molecule has 2 rings (SSSR count). The van der Waals surface area contributed by atoms with Gasteiger partial charge in [0, 0.05) is 10.7 Å². The van der Waals surface area contributed by atoms with Crippen molar-refractivity contribution in [3.05, 3.63) is 64.7 Å². The minimum absolute atomic E-state index is 0.143. The number of hydrogen-bond acceptors (Lipinski definition) is 3. The maximum absolute atomic E-state index is 11.7. The van der Waals surface area contributed by atoms with Crippen molar-refractivity contribution < 1.29 is 14.3 Å². The largest absolute Gasteiger partial charge is 0.455 e. The average Bonchev–Trinajstić information content (AvgIpc) is 2.50. The van der Waals surface area contributed by atoms with Gasteiger partial charge in [0.05, 0.1) is 6.42 Å². The molecule has 0 aliphatic rings. The molecule has 4 nitrogen and oxygen atoms in total. The van der Waals surface area contributed by atoms with Gasteiger partial charge in [-0.15, -0.1) is 0 Å². The molecule has 0 saturated heterocycles. The SMILES string of the molecule is Cc1ccc(NC(=O)COC(=O)Cc2ccccc2)cc1Cl. The highest BCUT2D eigenvalue weighted by molar-refractivity contribution is 6.31. The lowest BCUT2D eigenvalue weighted by Gasteiger charge is -2.08. The van der Waals surface area contributed by atoms with E-state index in [0.29, 0.717) is 10.7 Å². The number of benzene rings is 2. The van der Waals surface area contributed by atoms with Gasteiger partial charge in [0.15, 0.2) is 6.61 Å². The van der Waals surface area contributed by atoms with Crippen molar-refractivity contribution in [2.75, 3.05) is 11.9 Å². The maximum Gasteiger partial charge on any atom is 0.310 e. The van der Waals surface area contributed by atoms with Crippen LogP contribution in [-0.4, -0.2) is 18.5 Å². The van der Waals surface area contributed by atoms with Crippen molar-refractivity contribution in [2.45, 2.75) is 13.3 Å². The van der Waals surface area contributed by atoms with Crippen LogP contribution in [0.2, 0.25) is 5.02 Å². The van der Waals surface area contributed by atoms with E-state index in [9.17, 15) is 9.59 Å². The zero-order chi connectivity index (χ0) is 15.9. The summed E-state index contributed by atoms with van der Waals surface area (Å²) in [5.74, 6) is -0.843. The number of amides is 1. The molecule has 0 aromatic heterocycles. The third-order valence-electron chi connectivity index (χ3n) is 3.01. The number of esters is 1. The van der Waals surface area contributed by atoms with Gasteiger partial charge in [-0.05, 0) is 30.2 Å². The Hall–Kier alpha value is -2.33. The first-order valence-corrected chi connectivity index (χ1v) is 7.18. The highest BCUT2D eigenvalue weighted by atomic mass is 35.5. The second-order valence-electron chi connectivity index (χ2n) is 4.84. The molecule has 0 heterocycles. The van der Waals surface area contributed by atoms with Crippen LogP contribution >= 0.6 is 11.6 Å². The molecule has 0 radical (unpaired) electrons. The molecule has 5 heteroatoms. The summed E-state index contributed by atoms with van der Waals surface area (Å²) in [5.41, 5.74) is 2.34. The van der Waals surface area contributed by atoms with Crippen molar-refractivity contribution in [3.63, 3.8) is 0 Å². The highest BCUT2D eigenvalue weighted by Gasteiger charge is 2.09. The number of halogens is 1. The Morgan fingerprint density at radius 3 is 2.55 bits per heavy atom. The zero-order valence-electron chi connectivity index (χ0n) is 12.1. The van der Waals surface area contributed by atoms with E-state index < -0.39 is 11.9 Å². The van der Waals surface area contributed by atoms with E-state index in [-0.39, 0.29) is 13.0 Å². The number of nitrogens with one attached hydrogen (secondary N) is 1. The van der Waals surface area contributed by atoms with Gasteiger partial charge in [0.2, 0.25) is 0 Å². The number of carbonyl (C=O) groups is 2. The standard InChI is InChI=1S/C17H16ClNO3/c1-12-7-8-14(10-15(12)18)19-16(20)11-22-17(21)9-13-5-3-2-4-6-13/h2-8,10H,9,11H2,1H3,(H,19,20). The fourth-order valence-corrected chi connectivity index (χ4v) is 2.01. The maximum atomic E-state index is 11.7. The van der Waals surface area contributed by atoms with Gasteiger partial charge in [-0.1, -0.05) is 48.0 Å². The molecule has 1 N–H and O–H groups in total. The van der Waals surface area contributed by atoms with Crippen LogP contribution < -0.4 is 5.32 Å². The molecule has 0 spiro atoms. The minimum Gasteiger partial charge on any atom is -0.455 e. The first-order chi connectivity index (χ1) is 10.5. The molecule has 2 aromatic rings. The third kappa shape index (κ3) is 4.90. The molecule has 0 bridgehead atoms. The lowest BCUT2D eigenvalue weighted by atomic mass is 10.2. The fourth-order valence-electron chi connectivity index (χ4n) is 1.83. The van der Waals surface area contributed by atoms with Gasteiger partial charge in [-0.2, -0.15) is 0 Å². The van der Waals surface area contributed by atoms with Gasteiger partial charge >= 0.3 is 5.97 Å². The van der Waals surface area contributed by atoms with Crippen LogP contribution in [0, 0.1) is 6.92 Å². The van der Waals surface area contributed by atoms with Crippen molar-refractivity contribution in [2.24, 2.45) is 0 Å². The number of hydrogen-bond donors (Lipinski definition) is 1. The summed E-state index contributed by atoms with van der Waals surface area (Å²) in [7, 11) is 0. The van der Waals surface area contributed by atoms with Crippen molar-refractivity contribution in [3.8, 4) is 0 Å². The van der Waals surface area contributed by atoms with E-state index >= 15 is 0 Å². The van der Waals surface area contributed by atoms with E-state index in [1.165, 1.54) is 0 Å². The number of anilines is 1. The summed E-state index contributed by atoms with van der Waals surface area (Å²) < 4.78 is 4.95. The van der Waals surface area contributed by atoms with E-state index in [0.717, 1.165) is 11.1 Å². The fraction of sp³-hybridized carbons (Fsp3) is 0.176. The second-order valence-corrected chi connectivity index (χ2v) is 5.24. The first-order valence-electron chi connectivity index (χ1n) is 6.80. The van der Waals surface area contributed by atoms with Gasteiger partial charge in [-0.3, -0.25) is 9.59 Å². The smallest absolute Gasteiger partial charge is 0.310 e. The molecule has 0 atom stereocenters. The molecule has 0 unspecified atom stereocenters. The molecule has 2 aromatic carbocycles. The second kappa shape index (κ2) is 7.61. The molecule has 0 aliphatic heterocycles. The molecule has 0 fully saturated rings. The Bertz CT molecular complexity index is 671. The minimum atomic E-state index is -0.441. The van der Waals surface area contributed by atoms with Gasteiger partial charge in [0.25, 0.3) is 5.91 Å². The van der Waals surface area contributed by atoms with E-state index in [1.807, 2.05) is 37.3 Å². The Kier molecular flexibility index (Phi) is 5.55. The monoisotopic (exact) mass is 317 g/mol. The summed E-state index contributed by atoms with van der Waals surface area (Å²) >= 11 is 5.98. The summed E-state index contributed by atoms with van der Waals surface area (Å²) in [6.45, 7) is 1.55. The molecule has 0 aliphatic carbocycles. The Morgan fingerprint density at radius 2 is 1.86 bits per heavy atom. The lowest BCUT2D eigenvalue weighted by Crippen LogP contribution is -2.21. The van der Waals surface area contributed by atoms with Crippen LogP contribution in [0.25, 0.3) is 0 Å². The first kappa shape index (κ1) is 16.0. The lowest BCUT2D eigenvalue weighted by molar-refractivity contribution is -0.146. The average molecular weight is 318 g/mol. The number of carbonyl (C=O) groups excluding carboxylic acids is 2. The summed E-state index contributed by atoms with van der Waals surface area (Å²) in [6, 6.07) is 14.4. The molecule has 0 saturated carbocycles. The van der Waals surface area contributed by atoms with Crippen molar-refractivity contribution >= 4 is 29.2 Å². The van der Waals surface area contributed by atoms with Gasteiger partial charge in [0.1, 0.15) is 0 Å². The molecule has 114 valence electrons. The summed E-state index contributed by atoms with van der Waals surface area (Å²) in [5, 5.41) is 3.20. The van der Waals surface area contributed by atoms with Crippen LogP contribution in [0.5, 0.6) is 0 Å². The van der Waals surface area contributed by atoms with E-state index in [4.69, 9.17) is 16.3 Å². The van der Waals surface area contributed by atoms with Crippen LogP contribution in [-0.2, 0) is 20.7 Å². The molecule has 22 heavy (non-hydrogen) atoms. The van der Waals surface area contributed by atoms with E-state index in [1.54, 1.807) is 18.2 Å².